The van der Waals surface area contributed by atoms with Crippen molar-refractivity contribution in [3.05, 3.63) is 87.1 Å². The maximum atomic E-state index is 11.2. The Morgan fingerprint density at radius 3 is 2.17 bits per heavy atom. The second-order valence-corrected chi connectivity index (χ2v) is 7.32. The van der Waals surface area contributed by atoms with E-state index >= 15 is 0 Å². The van der Waals surface area contributed by atoms with Crippen molar-refractivity contribution >= 4 is 21.9 Å². The lowest BCUT2D eigenvalue weighted by atomic mass is 9.97. The predicted octanol–water partition coefficient (Wildman–Crippen LogP) is 4.67. The molecule has 156 valence electrons. The SMILES string of the molecule is COc1cc2oc(=O)ccc2cc1[C@@H](O)CC(C)C.O=c1ccc2ccccc2o1. The van der Waals surface area contributed by atoms with Gasteiger partial charge in [-0.25, -0.2) is 9.59 Å². The van der Waals surface area contributed by atoms with Crippen molar-refractivity contribution in [3.8, 4) is 5.75 Å². The molecule has 1 atom stereocenters. The fraction of sp³-hybridized carbons (Fsp3) is 0.250. The van der Waals surface area contributed by atoms with E-state index in [4.69, 9.17) is 13.6 Å². The molecule has 0 spiro atoms. The quantitative estimate of drug-likeness (QED) is 0.494. The van der Waals surface area contributed by atoms with Crippen molar-refractivity contribution in [1.29, 1.82) is 0 Å². The van der Waals surface area contributed by atoms with Gasteiger partial charge in [0.15, 0.2) is 0 Å². The zero-order valence-corrected chi connectivity index (χ0v) is 17.1. The summed E-state index contributed by atoms with van der Waals surface area (Å²) in [6, 6.07) is 17.1. The minimum atomic E-state index is -0.591. The predicted molar refractivity (Wildman–Crippen MR) is 116 cm³/mol. The molecule has 2 aromatic heterocycles. The molecule has 6 nitrogen and oxygen atoms in total. The van der Waals surface area contributed by atoms with E-state index in [1.807, 2.05) is 24.3 Å². The Morgan fingerprint density at radius 2 is 1.50 bits per heavy atom. The van der Waals surface area contributed by atoms with Crippen molar-refractivity contribution in [2.45, 2.75) is 26.4 Å². The van der Waals surface area contributed by atoms with Gasteiger partial charge < -0.3 is 18.7 Å². The van der Waals surface area contributed by atoms with E-state index in [9.17, 15) is 14.7 Å². The Kier molecular flexibility index (Phi) is 6.69. The van der Waals surface area contributed by atoms with Crippen molar-refractivity contribution in [2.75, 3.05) is 7.11 Å². The molecule has 0 saturated carbocycles. The van der Waals surface area contributed by atoms with E-state index in [-0.39, 0.29) is 5.63 Å². The molecule has 6 heteroatoms. The van der Waals surface area contributed by atoms with Gasteiger partial charge in [0.1, 0.15) is 16.9 Å². The van der Waals surface area contributed by atoms with Crippen LogP contribution in [0.1, 0.15) is 31.9 Å². The van der Waals surface area contributed by atoms with Crippen LogP contribution in [-0.4, -0.2) is 12.2 Å². The number of benzene rings is 2. The normalized spacial score (nSPS) is 11.9. The zero-order valence-electron chi connectivity index (χ0n) is 17.1. The van der Waals surface area contributed by atoms with Gasteiger partial charge in [-0.3, -0.25) is 0 Å². The highest BCUT2D eigenvalue weighted by atomic mass is 16.5. The summed E-state index contributed by atoms with van der Waals surface area (Å²) in [4.78, 5) is 21.9. The minimum Gasteiger partial charge on any atom is -0.496 e. The van der Waals surface area contributed by atoms with Crippen molar-refractivity contribution < 1.29 is 18.7 Å². The number of para-hydroxylation sites is 1. The summed E-state index contributed by atoms with van der Waals surface area (Å²) in [6.07, 6.45) is 0.0600. The van der Waals surface area contributed by atoms with Gasteiger partial charge in [0.2, 0.25) is 0 Å². The first-order valence-corrected chi connectivity index (χ1v) is 9.66. The Morgan fingerprint density at radius 1 is 0.867 bits per heavy atom. The first-order chi connectivity index (χ1) is 14.4. The molecule has 0 aliphatic rings. The smallest absolute Gasteiger partial charge is 0.336 e. The Hall–Kier alpha value is -3.38. The van der Waals surface area contributed by atoms with Gasteiger partial charge in [-0.2, -0.15) is 0 Å². The van der Waals surface area contributed by atoms with Crippen LogP contribution in [0.15, 0.2) is 79.1 Å². The molecule has 0 amide bonds. The summed E-state index contributed by atoms with van der Waals surface area (Å²) in [5.74, 6) is 0.916. The summed E-state index contributed by atoms with van der Waals surface area (Å²) >= 11 is 0. The lowest BCUT2D eigenvalue weighted by Crippen LogP contribution is -2.05. The number of aliphatic hydroxyl groups excluding tert-OH is 1. The van der Waals surface area contributed by atoms with Crippen LogP contribution in [0, 0.1) is 5.92 Å². The van der Waals surface area contributed by atoms with Gasteiger partial charge in [-0.05, 0) is 36.6 Å². The number of ether oxygens (including phenoxy) is 1. The van der Waals surface area contributed by atoms with Gasteiger partial charge >= 0.3 is 11.3 Å². The molecule has 0 bridgehead atoms. The van der Waals surface area contributed by atoms with Crippen LogP contribution in [0.25, 0.3) is 21.9 Å². The van der Waals surface area contributed by atoms with E-state index in [2.05, 4.69) is 13.8 Å². The molecule has 4 aromatic rings. The molecule has 4 rings (SSSR count). The molecule has 30 heavy (non-hydrogen) atoms. The molecule has 0 aliphatic carbocycles. The number of rotatable bonds is 4. The van der Waals surface area contributed by atoms with Crippen LogP contribution in [0.3, 0.4) is 0 Å². The lowest BCUT2D eigenvalue weighted by Gasteiger charge is -2.17. The van der Waals surface area contributed by atoms with E-state index < -0.39 is 11.7 Å². The number of hydrogen-bond donors (Lipinski definition) is 1. The van der Waals surface area contributed by atoms with Crippen LogP contribution in [0.2, 0.25) is 0 Å². The van der Waals surface area contributed by atoms with Gasteiger partial charge in [0.05, 0.1) is 13.2 Å². The molecule has 1 N–H and O–H groups in total. The monoisotopic (exact) mass is 408 g/mol. The molecule has 2 heterocycles. The molecular weight excluding hydrogens is 384 g/mol. The maximum Gasteiger partial charge on any atom is 0.336 e. The van der Waals surface area contributed by atoms with Gasteiger partial charge in [-0.15, -0.1) is 0 Å². The van der Waals surface area contributed by atoms with Crippen LogP contribution in [0.5, 0.6) is 5.75 Å². The third-order valence-corrected chi connectivity index (χ3v) is 4.55. The summed E-state index contributed by atoms with van der Waals surface area (Å²) in [7, 11) is 1.54. The van der Waals surface area contributed by atoms with Crippen LogP contribution < -0.4 is 16.0 Å². The van der Waals surface area contributed by atoms with Crippen LogP contribution in [-0.2, 0) is 0 Å². The van der Waals surface area contributed by atoms with E-state index in [0.29, 0.717) is 29.3 Å². The summed E-state index contributed by atoms with van der Waals surface area (Å²) in [6.45, 7) is 4.10. The summed E-state index contributed by atoms with van der Waals surface area (Å²) < 4.78 is 15.3. The second kappa shape index (κ2) is 9.41. The molecular formula is C24H24O6. The first kappa shape index (κ1) is 21.3. The molecule has 2 aromatic carbocycles. The average molecular weight is 408 g/mol. The molecule has 0 unspecified atom stereocenters. The van der Waals surface area contributed by atoms with Crippen LogP contribution >= 0.6 is 0 Å². The Bertz CT molecular complexity index is 1250. The average Bonchev–Trinajstić information content (AvgIpc) is 2.72. The third kappa shape index (κ3) is 5.15. The third-order valence-electron chi connectivity index (χ3n) is 4.55. The zero-order chi connectivity index (χ0) is 21.7. The van der Waals surface area contributed by atoms with E-state index in [1.54, 1.807) is 24.3 Å². The minimum absolute atomic E-state index is 0.302. The first-order valence-electron chi connectivity index (χ1n) is 9.66. The topological polar surface area (TPSA) is 89.9 Å². The lowest BCUT2D eigenvalue weighted by molar-refractivity contribution is 0.147. The molecule has 0 fully saturated rings. The van der Waals surface area contributed by atoms with Gasteiger partial charge in [0, 0.05) is 34.5 Å². The largest absolute Gasteiger partial charge is 0.496 e. The highest BCUT2D eigenvalue weighted by Crippen LogP contribution is 2.32. The van der Waals surface area contributed by atoms with Crippen molar-refractivity contribution in [1.82, 2.24) is 0 Å². The Balaban J connectivity index is 0.000000196. The fourth-order valence-corrected chi connectivity index (χ4v) is 3.14. The van der Waals surface area contributed by atoms with E-state index in [1.165, 1.54) is 19.2 Å². The Labute approximate surface area is 173 Å². The van der Waals surface area contributed by atoms with E-state index in [0.717, 1.165) is 16.3 Å². The fourth-order valence-electron chi connectivity index (χ4n) is 3.14. The summed E-state index contributed by atoms with van der Waals surface area (Å²) in [5.41, 5.74) is 1.12. The molecule has 0 saturated heterocycles. The number of fused-ring (bicyclic) bond motifs is 2. The maximum absolute atomic E-state index is 11.2. The summed E-state index contributed by atoms with van der Waals surface area (Å²) in [5, 5.41) is 12.0. The number of methoxy groups -OCH3 is 1. The highest BCUT2D eigenvalue weighted by molar-refractivity contribution is 5.79. The van der Waals surface area contributed by atoms with Crippen LogP contribution in [0.4, 0.5) is 0 Å². The molecule has 0 radical (unpaired) electrons. The standard InChI is InChI=1S/C15H18O4.C9H6O2/c1-9(2)6-12(16)11-7-10-4-5-15(17)19-13(10)8-14(11)18-3;10-9-6-5-7-3-1-2-4-8(7)11-9/h4-5,7-9,12,16H,6H2,1-3H3;1-6H/t12-;/m0./s1. The van der Waals surface area contributed by atoms with Crippen molar-refractivity contribution in [2.24, 2.45) is 5.92 Å². The highest BCUT2D eigenvalue weighted by Gasteiger charge is 2.16. The molecule has 0 aliphatic heterocycles. The van der Waals surface area contributed by atoms with Gasteiger partial charge in [0.25, 0.3) is 0 Å². The second-order valence-electron chi connectivity index (χ2n) is 7.32. The number of hydrogen-bond acceptors (Lipinski definition) is 6. The van der Waals surface area contributed by atoms with Gasteiger partial charge in [-0.1, -0.05) is 32.0 Å². The number of aliphatic hydroxyl groups is 1. The van der Waals surface area contributed by atoms with Crippen molar-refractivity contribution in [3.63, 3.8) is 0 Å².